The molecule has 0 fully saturated rings. The van der Waals surface area contributed by atoms with Crippen LogP contribution in [0.5, 0.6) is 0 Å². The van der Waals surface area contributed by atoms with Crippen LogP contribution in [-0.2, 0) is 4.74 Å². The monoisotopic (exact) mass is 235 g/mol. The predicted octanol–water partition coefficient (Wildman–Crippen LogP) is 3.54. The molecule has 0 saturated carbocycles. The number of hydrogen-bond acceptors (Lipinski definition) is 2. The molecule has 0 aliphatic rings. The summed E-state index contributed by atoms with van der Waals surface area (Å²) in [4.78, 5) is 0. The van der Waals surface area contributed by atoms with Crippen molar-refractivity contribution in [3.05, 3.63) is 35.9 Å². The highest BCUT2D eigenvalue weighted by Gasteiger charge is 2.09. The first kappa shape index (κ1) is 14.2. The van der Waals surface area contributed by atoms with Crippen LogP contribution in [0.4, 0.5) is 0 Å². The molecule has 2 heteroatoms. The largest absolute Gasteiger partial charge is 0.379 e. The molecule has 1 aromatic rings. The van der Waals surface area contributed by atoms with Crippen molar-refractivity contribution in [2.75, 3.05) is 13.2 Å². The minimum atomic E-state index is 0.337. The Morgan fingerprint density at radius 1 is 1.18 bits per heavy atom. The Kier molecular flexibility index (Phi) is 6.90. The highest BCUT2D eigenvalue weighted by Crippen LogP contribution is 2.18. The van der Waals surface area contributed by atoms with Gasteiger partial charge in [-0.05, 0) is 38.8 Å². The fourth-order valence-electron chi connectivity index (χ4n) is 1.92. The van der Waals surface area contributed by atoms with Gasteiger partial charge < -0.3 is 10.1 Å². The SMILES string of the molecule is CCNC(CCCOC(C)C)c1ccccc1. The lowest BCUT2D eigenvalue weighted by Gasteiger charge is -2.18. The first-order valence-corrected chi connectivity index (χ1v) is 6.64. The number of benzene rings is 1. The zero-order valence-electron chi connectivity index (χ0n) is 11.3. The molecule has 0 heterocycles. The van der Waals surface area contributed by atoms with E-state index in [0.29, 0.717) is 12.1 Å². The number of ether oxygens (including phenoxy) is 1. The average molecular weight is 235 g/mol. The standard InChI is InChI=1S/C15H25NO/c1-4-16-15(11-8-12-17-13(2)3)14-9-6-5-7-10-14/h5-7,9-10,13,15-16H,4,8,11-12H2,1-3H3. The van der Waals surface area contributed by atoms with E-state index in [1.165, 1.54) is 5.56 Å². The van der Waals surface area contributed by atoms with Crippen LogP contribution in [0.1, 0.15) is 45.2 Å². The molecule has 0 bridgehead atoms. The second-order valence-corrected chi connectivity index (χ2v) is 4.58. The van der Waals surface area contributed by atoms with Crippen molar-refractivity contribution in [2.24, 2.45) is 0 Å². The van der Waals surface area contributed by atoms with E-state index in [1.54, 1.807) is 0 Å². The Labute approximate surface area is 105 Å². The van der Waals surface area contributed by atoms with E-state index < -0.39 is 0 Å². The van der Waals surface area contributed by atoms with Gasteiger partial charge in [-0.25, -0.2) is 0 Å². The van der Waals surface area contributed by atoms with Gasteiger partial charge in [0.25, 0.3) is 0 Å². The molecule has 1 aromatic carbocycles. The molecule has 17 heavy (non-hydrogen) atoms. The van der Waals surface area contributed by atoms with Crippen LogP contribution < -0.4 is 5.32 Å². The van der Waals surface area contributed by atoms with Crippen LogP contribution in [-0.4, -0.2) is 19.3 Å². The number of rotatable bonds is 8. The molecule has 1 unspecified atom stereocenters. The molecule has 2 nitrogen and oxygen atoms in total. The highest BCUT2D eigenvalue weighted by molar-refractivity contribution is 5.18. The van der Waals surface area contributed by atoms with Gasteiger partial charge in [-0.3, -0.25) is 0 Å². The van der Waals surface area contributed by atoms with Gasteiger partial charge in [0, 0.05) is 12.6 Å². The Bertz CT molecular complexity index is 284. The molecule has 0 spiro atoms. The third kappa shape index (κ3) is 5.85. The summed E-state index contributed by atoms with van der Waals surface area (Å²) >= 11 is 0. The summed E-state index contributed by atoms with van der Waals surface area (Å²) in [5.74, 6) is 0. The average Bonchev–Trinajstić information content (AvgIpc) is 2.34. The van der Waals surface area contributed by atoms with Crippen molar-refractivity contribution in [2.45, 2.75) is 45.8 Å². The Morgan fingerprint density at radius 2 is 1.88 bits per heavy atom. The van der Waals surface area contributed by atoms with Crippen LogP contribution in [0.15, 0.2) is 30.3 Å². The molecule has 0 aliphatic carbocycles. The molecule has 1 rings (SSSR count). The highest BCUT2D eigenvalue weighted by atomic mass is 16.5. The van der Waals surface area contributed by atoms with E-state index in [4.69, 9.17) is 4.74 Å². The molecule has 96 valence electrons. The molecule has 1 atom stereocenters. The van der Waals surface area contributed by atoms with Crippen molar-refractivity contribution >= 4 is 0 Å². The Hall–Kier alpha value is -0.860. The van der Waals surface area contributed by atoms with Crippen molar-refractivity contribution in [3.8, 4) is 0 Å². The Balaban J connectivity index is 2.39. The molecule has 0 saturated heterocycles. The van der Waals surface area contributed by atoms with E-state index in [1.807, 2.05) is 0 Å². The first-order valence-electron chi connectivity index (χ1n) is 6.64. The number of hydrogen-bond donors (Lipinski definition) is 1. The van der Waals surface area contributed by atoms with Gasteiger partial charge in [-0.15, -0.1) is 0 Å². The quantitative estimate of drug-likeness (QED) is 0.696. The van der Waals surface area contributed by atoms with E-state index in [9.17, 15) is 0 Å². The van der Waals surface area contributed by atoms with Gasteiger partial charge in [0.2, 0.25) is 0 Å². The van der Waals surface area contributed by atoms with Crippen molar-refractivity contribution in [3.63, 3.8) is 0 Å². The predicted molar refractivity (Wildman–Crippen MR) is 73.2 cm³/mol. The summed E-state index contributed by atoms with van der Waals surface area (Å²) in [7, 11) is 0. The van der Waals surface area contributed by atoms with Crippen LogP contribution in [0.25, 0.3) is 0 Å². The first-order chi connectivity index (χ1) is 8.24. The molecule has 0 aliphatic heterocycles. The zero-order chi connectivity index (χ0) is 12.5. The van der Waals surface area contributed by atoms with E-state index >= 15 is 0 Å². The second kappa shape index (κ2) is 8.26. The van der Waals surface area contributed by atoms with Crippen LogP contribution >= 0.6 is 0 Å². The fourth-order valence-corrected chi connectivity index (χ4v) is 1.92. The maximum absolute atomic E-state index is 5.58. The summed E-state index contributed by atoms with van der Waals surface area (Å²) in [6.45, 7) is 8.18. The maximum atomic E-state index is 5.58. The van der Waals surface area contributed by atoms with E-state index in [0.717, 1.165) is 26.0 Å². The van der Waals surface area contributed by atoms with Crippen LogP contribution in [0.2, 0.25) is 0 Å². The lowest BCUT2D eigenvalue weighted by atomic mass is 10.0. The van der Waals surface area contributed by atoms with Crippen molar-refractivity contribution in [1.29, 1.82) is 0 Å². The van der Waals surface area contributed by atoms with Gasteiger partial charge in [-0.2, -0.15) is 0 Å². The van der Waals surface area contributed by atoms with Gasteiger partial charge in [0.1, 0.15) is 0 Å². The smallest absolute Gasteiger partial charge is 0.0518 e. The van der Waals surface area contributed by atoms with Crippen molar-refractivity contribution in [1.82, 2.24) is 5.32 Å². The maximum Gasteiger partial charge on any atom is 0.0518 e. The molecular weight excluding hydrogens is 210 g/mol. The van der Waals surface area contributed by atoms with E-state index in [-0.39, 0.29) is 0 Å². The lowest BCUT2D eigenvalue weighted by Crippen LogP contribution is -2.21. The van der Waals surface area contributed by atoms with Crippen molar-refractivity contribution < 1.29 is 4.74 Å². The Morgan fingerprint density at radius 3 is 2.47 bits per heavy atom. The third-order valence-electron chi connectivity index (χ3n) is 2.74. The summed E-state index contributed by atoms with van der Waals surface area (Å²) in [6.07, 6.45) is 2.57. The third-order valence-corrected chi connectivity index (χ3v) is 2.74. The summed E-state index contributed by atoms with van der Waals surface area (Å²) in [5, 5.41) is 3.53. The van der Waals surface area contributed by atoms with Gasteiger partial charge >= 0.3 is 0 Å². The topological polar surface area (TPSA) is 21.3 Å². The van der Waals surface area contributed by atoms with Gasteiger partial charge in [-0.1, -0.05) is 37.3 Å². The lowest BCUT2D eigenvalue weighted by molar-refractivity contribution is 0.0745. The molecule has 0 aromatic heterocycles. The van der Waals surface area contributed by atoms with Crippen LogP contribution in [0.3, 0.4) is 0 Å². The molecule has 0 amide bonds. The summed E-state index contributed by atoms with van der Waals surface area (Å²) in [6, 6.07) is 11.1. The normalized spacial score (nSPS) is 12.9. The fraction of sp³-hybridized carbons (Fsp3) is 0.600. The van der Waals surface area contributed by atoms with E-state index in [2.05, 4.69) is 56.4 Å². The van der Waals surface area contributed by atoms with Gasteiger partial charge in [0.05, 0.1) is 6.10 Å². The molecular formula is C15H25NO. The van der Waals surface area contributed by atoms with Crippen LogP contribution in [0, 0.1) is 0 Å². The zero-order valence-corrected chi connectivity index (χ0v) is 11.3. The summed E-state index contributed by atoms with van der Waals surface area (Å²) in [5.41, 5.74) is 1.37. The second-order valence-electron chi connectivity index (χ2n) is 4.58. The molecule has 1 N–H and O–H groups in total. The minimum absolute atomic E-state index is 0.337. The number of nitrogens with one attached hydrogen (secondary N) is 1. The van der Waals surface area contributed by atoms with Gasteiger partial charge in [0.15, 0.2) is 0 Å². The summed E-state index contributed by atoms with van der Waals surface area (Å²) < 4.78 is 5.58. The molecule has 0 radical (unpaired) electrons. The minimum Gasteiger partial charge on any atom is -0.379 e.